The lowest BCUT2D eigenvalue weighted by Crippen LogP contribution is -2.62. The molecule has 2 aromatic rings. The third-order valence-corrected chi connectivity index (χ3v) is 8.16. The SMILES string of the molecule is CCC(F)(F)c1cc2c(n3ncnc13)C(C)(C)CN2C(=O)CN1C[C@@H](C)NC[C@@H]1CN1CCOC[C@H]1C. The van der Waals surface area contributed by atoms with Gasteiger partial charge in [0.05, 0.1) is 36.7 Å². The van der Waals surface area contributed by atoms with Crippen LogP contribution in [0.25, 0.3) is 5.65 Å². The zero-order chi connectivity index (χ0) is 26.5. The molecule has 5 heterocycles. The van der Waals surface area contributed by atoms with Crippen LogP contribution in [0.5, 0.6) is 0 Å². The second kappa shape index (κ2) is 9.83. The highest BCUT2D eigenvalue weighted by atomic mass is 19.3. The molecule has 37 heavy (non-hydrogen) atoms. The van der Waals surface area contributed by atoms with Crippen molar-refractivity contribution in [2.24, 2.45) is 0 Å². The first-order valence-corrected chi connectivity index (χ1v) is 13.4. The van der Waals surface area contributed by atoms with Gasteiger partial charge in [-0.2, -0.15) is 5.10 Å². The van der Waals surface area contributed by atoms with E-state index in [2.05, 4.69) is 39.0 Å². The summed E-state index contributed by atoms with van der Waals surface area (Å²) in [5.41, 5.74) is 0.769. The lowest BCUT2D eigenvalue weighted by molar-refractivity contribution is -0.121. The summed E-state index contributed by atoms with van der Waals surface area (Å²) in [5.74, 6) is -3.15. The number of hydrogen-bond donors (Lipinski definition) is 1. The monoisotopic (exact) mass is 519 g/mol. The minimum atomic E-state index is -3.07. The summed E-state index contributed by atoms with van der Waals surface area (Å²) in [6, 6.07) is 2.25. The molecule has 0 aromatic carbocycles. The first-order chi connectivity index (χ1) is 17.5. The zero-order valence-electron chi connectivity index (χ0n) is 22.5. The van der Waals surface area contributed by atoms with E-state index in [1.165, 1.54) is 23.8 Å². The number of piperazine rings is 1. The average molecular weight is 520 g/mol. The number of amides is 1. The van der Waals surface area contributed by atoms with Crippen molar-refractivity contribution in [3.05, 3.63) is 23.7 Å². The van der Waals surface area contributed by atoms with Crippen LogP contribution in [0.15, 0.2) is 12.4 Å². The van der Waals surface area contributed by atoms with Gasteiger partial charge in [-0.3, -0.25) is 14.6 Å². The fourth-order valence-electron chi connectivity index (χ4n) is 6.01. The number of halogens is 2. The van der Waals surface area contributed by atoms with E-state index < -0.39 is 11.3 Å². The van der Waals surface area contributed by atoms with Gasteiger partial charge >= 0.3 is 0 Å². The van der Waals surface area contributed by atoms with Crippen LogP contribution in [0.2, 0.25) is 0 Å². The summed E-state index contributed by atoms with van der Waals surface area (Å²) in [6.07, 6.45) is 0.955. The molecule has 11 heteroatoms. The van der Waals surface area contributed by atoms with Gasteiger partial charge in [0.15, 0.2) is 5.65 Å². The van der Waals surface area contributed by atoms with Gasteiger partial charge in [0.2, 0.25) is 5.91 Å². The Morgan fingerprint density at radius 1 is 1.30 bits per heavy atom. The molecular weight excluding hydrogens is 480 g/mol. The summed E-state index contributed by atoms with van der Waals surface area (Å²) < 4.78 is 37.1. The van der Waals surface area contributed by atoms with Crippen molar-refractivity contribution in [2.45, 2.75) is 70.5 Å². The van der Waals surface area contributed by atoms with Crippen LogP contribution in [0.1, 0.15) is 52.3 Å². The molecule has 0 bridgehead atoms. The maximum Gasteiger partial charge on any atom is 0.276 e. The molecule has 0 saturated carbocycles. The summed E-state index contributed by atoms with van der Waals surface area (Å²) >= 11 is 0. The first kappa shape index (κ1) is 26.4. The van der Waals surface area contributed by atoms with E-state index in [1.54, 1.807) is 4.90 Å². The average Bonchev–Trinajstić information content (AvgIpc) is 3.43. The molecule has 5 rings (SSSR count). The van der Waals surface area contributed by atoms with Crippen LogP contribution in [0, 0.1) is 0 Å². The van der Waals surface area contributed by atoms with Gasteiger partial charge in [0, 0.05) is 62.7 Å². The summed E-state index contributed by atoms with van der Waals surface area (Å²) in [5, 5.41) is 7.86. The van der Waals surface area contributed by atoms with Gasteiger partial charge in [-0.25, -0.2) is 18.3 Å². The van der Waals surface area contributed by atoms with Crippen molar-refractivity contribution in [3.8, 4) is 0 Å². The molecule has 1 N–H and O–H groups in total. The number of fused-ring (bicyclic) bond motifs is 3. The highest BCUT2D eigenvalue weighted by Gasteiger charge is 2.44. The Balaban J connectivity index is 1.44. The number of rotatable bonds is 6. The number of morpholine rings is 1. The van der Waals surface area contributed by atoms with Crippen molar-refractivity contribution in [2.75, 3.05) is 57.4 Å². The number of hydrogen-bond acceptors (Lipinski definition) is 7. The maximum absolute atomic E-state index is 15.0. The molecular formula is C26H39F2N7O2. The molecule has 0 spiro atoms. The highest BCUT2D eigenvalue weighted by molar-refractivity contribution is 5.97. The second-order valence-electron chi connectivity index (χ2n) is 11.5. The number of anilines is 1. The molecule has 204 valence electrons. The Labute approximate surface area is 217 Å². The quantitative estimate of drug-likeness (QED) is 0.627. The minimum Gasteiger partial charge on any atom is -0.379 e. The highest BCUT2D eigenvalue weighted by Crippen LogP contribution is 2.45. The Morgan fingerprint density at radius 3 is 2.81 bits per heavy atom. The van der Waals surface area contributed by atoms with Crippen molar-refractivity contribution in [1.29, 1.82) is 0 Å². The molecule has 2 saturated heterocycles. The first-order valence-electron chi connectivity index (χ1n) is 13.4. The summed E-state index contributed by atoms with van der Waals surface area (Å²) in [6.45, 7) is 15.2. The molecule has 3 aliphatic rings. The molecule has 0 radical (unpaired) electrons. The third kappa shape index (κ3) is 4.86. The van der Waals surface area contributed by atoms with Crippen LogP contribution >= 0.6 is 0 Å². The molecule has 2 fully saturated rings. The van der Waals surface area contributed by atoms with E-state index in [0.29, 0.717) is 18.3 Å². The van der Waals surface area contributed by atoms with Crippen LogP contribution in [0.3, 0.4) is 0 Å². The Morgan fingerprint density at radius 2 is 2.08 bits per heavy atom. The number of carbonyl (C=O) groups excluding carboxylic acids is 1. The Bertz CT molecular complexity index is 1150. The fourth-order valence-corrected chi connectivity index (χ4v) is 6.01. The normalized spacial score (nSPS) is 27.1. The van der Waals surface area contributed by atoms with E-state index in [4.69, 9.17) is 4.74 Å². The standard InChI is InChI=1S/C26H39F2N7O2/c1-6-26(27,28)20-9-21-23(35-24(20)30-16-31-35)25(4,5)15-34(21)22(36)13-33-11-17(2)29-10-19(33)12-32-7-8-37-14-18(32)3/h9,16-19,29H,6-8,10-15H2,1-5H3/t17-,18-,19-/m1/s1. The maximum atomic E-state index is 15.0. The van der Waals surface area contributed by atoms with E-state index in [0.717, 1.165) is 45.1 Å². The molecule has 9 nitrogen and oxygen atoms in total. The number of alkyl halides is 2. The number of ether oxygens (including phenoxy) is 1. The summed E-state index contributed by atoms with van der Waals surface area (Å²) in [7, 11) is 0. The molecule has 2 aromatic heterocycles. The largest absolute Gasteiger partial charge is 0.379 e. The van der Waals surface area contributed by atoms with E-state index in [9.17, 15) is 13.6 Å². The van der Waals surface area contributed by atoms with Gasteiger partial charge < -0.3 is 15.0 Å². The fraction of sp³-hybridized carbons (Fsp3) is 0.731. The number of pyridine rings is 1. The number of nitrogens with zero attached hydrogens (tertiary/aromatic N) is 6. The minimum absolute atomic E-state index is 0.0776. The molecule has 3 atom stereocenters. The van der Waals surface area contributed by atoms with Crippen molar-refractivity contribution in [3.63, 3.8) is 0 Å². The zero-order valence-corrected chi connectivity index (χ0v) is 22.5. The number of nitrogens with one attached hydrogen (secondary N) is 1. The van der Waals surface area contributed by atoms with Crippen molar-refractivity contribution in [1.82, 2.24) is 29.7 Å². The van der Waals surface area contributed by atoms with Crippen molar-refractivity contribution < 1.29 is 18.3 Å². The molecule has 0 unspecified atom stereocenters. The number of carbonyl (C=O) groups is 1. The van der Waals surface area contributed by atoms with Gasteiger partial charge in [-0.15, -0.1) is 0 Å². The Hall–Kier alpha value is -2.21. The predicted molar refractivity (Wildman–Crippen MR) is 137 cm³/mol. The van der Waals surface area contributed by atoms with Gasteiger partial charge in [0.1, 0.15) is 6.33 Å². The summed E-state index contributed by atoms with van der Waals surface area (Å²) in [4.78, 5) is 24.4. The predicted octanol–water partition coefficient (Wildman–Crippen LogP) is 2.24. The van der Waals surface area contributed by atoms with Gasteiger partial charge in [0.25, 0.3) is 5.92 Å². The lowest BCUT2D eigenvalue weighted by Gasteiger charge is -2.43. The smallest absolute Gasteiger partial charge is 0.276 e. The molecule has 1 amide bonds. The van der Waals surface area contributed by atoms with Crippen LogP contribution < -0.4 is 10.2 Å². The van der Waals surface area contributed by atoms with Gasteiger partial charge in [-0.05, 0) is 19.9 Å². The second-order valence-corrected chi connectivity index (χ2v) is 11.5. The third-order valence-electron chi connectivity index (χ3n) is 8.16. The number of aromatic nitrogens is 3. The van der Waals surface area contributed by atoms with E-state index in [-0.39, 0.29) is 42.2 Å². The lowest BCUT2D eigenvalue weighted by atomic mass is 9.90. The van der Waals surface area contributed by atoms with Crippen molar-refractivity contribution >= 4 is 17.2 Å². The molecule has 3 aliphatic heterocycles. The van der Waals surface area contributed by atoms with E-state index in [1.807, 2.05) is 13.8 Å². The van der Waals surface area contributed by atoms with Gasteiger partial charge in [-0.1, -0.05) is 20.8 Å². The van der Waals surface area contributed by atoms with Crippen LogP contribution in [-0.2, 0) is 20.9 Å². The van der Waals surface area contributed by atoms with Crippen LogP contribution in [-0.4, -0.2) is 101 Å². The Kier molecular flexibility index (Phi) is 7.01. The molecule has 0 aliphatic carbocycles. The topological polar surface area (TPSA) is 78.2 Å². The van der Waals surface area contributed by atoms with Crippen LogP contribution in [0.4, 0.5) is 14.5 Å². The van der Waals surface area contributed by atoms with E-state index >= 15 is 0 Å².